The van der Waals surface area contributed by atoms with E-state index in [1.54, 1.807) is 30.0 Å². The third-order valence-electron chi connectivity index (χ3n) is 2.70. The number of carboxylic acid groups (broad SMARTS) is 1. The molecule has 1 atom stereocenters. The van der Waals surface area contributed by atoms with Gasteiger partial charge in [-0.1, -0.05) is 36.7 Å². The Morgan fingerprint density at radius 1 is 1.50 bits per heavy atom. The van der Waals surface area contributed by atoms with Crippen LogP contribution in [0, 0.1) is 5.92 Å². The van der Waals surface area contributed by atoms with Gasteiger partial charge in [-0.2, -0.15) is 11.8 Å². The molecule has 2 aromatic rings. The Bertz CT molecular complexity index is 600. The van der Waals surface area contributed by atoms with Crippen LogP contribution in [-0.4, -0.2) is 21.8 Å². The van der Waals surface area contributed by atoms with Gasteiger partial charge in [0, 0.05) is 22.4 Å². The van der Waals surface area contributed by atoms with Gasteiger partial charge in [-0.15, -0.1) is 11.3 Å². The van der Waals surface area contributed by atoms with Crippen molar-refractivity contribution in [1.29, 1.82) is 0 Å². The third kappa shape index (κ3) is 3.98. The molecule has 1 aromatic heterocycles. The van der Waals surface area contributed by atoms with Gasteiger partial charge in [0.2, 0.25) is 0 Å². The average Bonchev–Trinajstić information content (AvgIpc) is 2.87. The molecule has 1 unspecified atom stereocenters. The molecule has 0 saturated carbocycles. The standard InChI is InChI=1S/C14H14ClNO2S2/c1-9(14(17)18)6-19-7-10-8-20-13(16-10)11-4-2-3-5-12(11)15/h2-5,8-9H,6-7H2,1H3,(H,17,18). The number of aliphatic carboxylic acids is 1. The van der Waals surface area contributed by atoms with Crippen LogP contribution in [-0.2, 0) is 10.5 Å². The normalized spacial score (nSPS) is 12.3. The van der Waals surface area contributed by atoms with Crippen LogP contribution < -0.4 is 0 Å². The van der Waals surface area contributed by atoms with Crippen molar-refractivity contribution >= 4 is 40.7 Å². The van der Waals surface area contributed by atoms with Crippen LogP contribution in [0.15, 0.2) is 29.6 Å². The molecule has 0 spiro atoms. The van der Waals surface area contributed by atoms with Crippen molar-refractivity contribution in [2.75, 3.05) is 5.75 Å². The zero-order valence-electron chi connectivity index (χ0n) is 10.9. The molecule has 1 N–H and O–H groups in total. The van der Waals surface area contributed by atoms with E-state index in [-0.39, 0.29) is 5.92 Å². The molecule has 2 rings (SSSR count). The van der Waals surface area contributed by atoms with Crippen LogP contribution >= 0.6 is 34.7 Å². The Morgan fingerprint density at radius 3 is 2.95 bits per heavy atom. The predicted molar refractivity (Wildman–Crippen MR) is 85.5 cm³/mol. The summed E-state index contributed by atoms with van der Waals surface area (Å²) in [7, 11) is 0. The highest BCUT2D eigenvalue weighted by Crippen LogP contribution is 2.31. The average molecular weight is 328 g/mol. The Morgan fingerprint density at radius 2 is 2.25 bits per heavy atom. The zero-order chi connectivity index (χ0) is 14.5. The van der Waals surface area contributed by atoms with Crippen LogP contribution in [0.3, 0.4) is 0 Å². The van der Waals surface area contributed by atoms with Crippen LogP contribution in [0.1, 0.15) is 12.6 Å². The fraction of sp³-hybridized carbons (Fsp3) is 0.286. The largest absolute Gasteiger partial charge is 0.481 e. The van der Waals surface area contributed by atoms with Gasteiger partial charge in [0.15, 0.2) is 0 Å². The fourth-order valence-electron chi connectivity index (χ4n) is 1.54. The summed E-state index contributed by atoms with van der Waals surface area (Å²) in [4.78, 5) is 15.3. The Labute approximate surface area is 131 Å². The third-order valence-corrected chi connectivity index (χ3v) is 5.18. The number of hydrogen-bond donors (Lipinski definition) is 1. The lowest BCUT2D eigenvalue weighted by molar-refractivity contribution is -0.140. The summed E-state index contributed by atoms with van der Waals surface area (Å²) in [5.74, 6) is 0.224. The van der Waals surface area contributed by atoms with Gasteiger partial charge < -0.3 is 5.11 Å². The first kappa shape index (κ1) is 15.4. The van der Waals surface area contributed by atoms with Crippen molar-refractivity contribution in [2.24, 2.45) is 5.92 Å². The van der Waals surface area contributed by atoms with E-state index in [4.69, 9.17) is 16.7 Å². The number of aromatic nitrogens is 1. The molecular formula is C14H14ClNO2S2. The number of rotatable bonds is 6. The highest BCUT2D eigenvalue weighted by Gasteiger charge is 2.12. The molecule has 0 saturated heterocycles. The maximum absolute atomic E-state index is 10.7. The first-order valence-electron chi connectivity index (χ1n) is 6.07. The van der Waals surface area contributed by atoms with E-state index in [1.807, 2.05) is 29.6 Å². The lowest BCUT2D eigenvalue weighted by Crippen LogP contribution is -2.11. The second-order valence-electron chi connectivity index (χ2n) is 4.38. The molecule has 0 aliphatic heterocycles. The van der Waals surface area contributed by atoms with Crippen molar-refractivity contribution in [1.82, 2.24) is 4.98 Å². The molecule has 1 aromatic carbocycles. The number of carbonyl (C=O) groups is 1. The monoisotopic (exact) mass is 327 g/mol. The molecule has 0 aliphatic rings. The summed E-state index contributed by atoms with van der Waals surface area (Å²) in [5, 5.41) is 12.4. The van der Waals surface area contributed by atoms with Crippen LogP contribution in [0.25, 0.3) is 10.6 Å². The van der Waals surface area contributed by atoms with E-state index < -0.39 is 5.97 Å². The maximum Gasteiger partial charge on any atom is 0.307 e. The van der Waals surface area contributed by atoms with Gasteiger partial charge in [0.05, 0.1) is 16.6 Å². The molecule has 0 amide bonds. The quantitative estimate of drug-likeness (QED) is 0.853. The second kappa shape index (κ2) is 7.11. The van der Waals surface area contributed by atoms with Gasteiger partial charge in [-0.05, 0) is 6.07 Å². The summed E-state index contributed by atoms with van der Waals surface area (Å²) < 4.78 is 0. The number of hydrogen-bond acceptors (Lipinski definition) is 4. The van der Waals surface area contributed by atoms with E-state index in [1.165, 1.54) is 0 Å². The molecule has 0 aliphatic carbocycles. The Balaban J connectivity index is 1.96. The van der Waals surface area contributed by atoms with Crippen molar-refractivity contribution in [3.8, 4) is 10.6 Å². The molecule has 0 radical (unpaired) electrons. The van der Waals surface area contributed by atoms with Crippen molar-refractivity contribution in [3.63, 3.8) is 0 Å². The first-order chi connectivity index (χ1) is 9.58. The Hall–Kier alpha value is -1.04. The van der Waals surface area contributed by atoms with E-state index in [2.05, 4.69) is 4.98 Å². The summed E-state index contributed by atoms with van der Waals surface area (Å²) in [5.41, 5.74) is 1.90. The summed E-state index contributed by atoms with van der Waals surface area (Å²) >= 11 is 9.29. The van der Waals surface area contributed by atoms with E-state index >= 15 is 0 Å². The molecule has 20 heavy (non-hydrogen) atoms. The van der Waals surface area contributed by atoms with Crippen LogP contribution in [0.4, 0.5) is 0 Å². The molecule has 6 heteroatoms. The predicted octanol–water partition coefficient (Wildman–Crippen LogP) is 4.42. The molecular weight excluding hydrogens is 314 g/mol. The number of thiazole rings is 1. The lowest BCUT2D eigenvalue weighted by Gasteiger charge is -2.04. The van der Waals surface area contributed by atoms with Crippen LogP contribution in [0.2, 0.25) is 5.02 Å². The summed E-state index contributed by atoms with van der Waals surface area (Å²) in [6.45, 7) is 1.71. The van der Waals surface area contributed by atoms with Gasteiger partial charge >= 0.3 is 5.97 Å². The van der Waals surface area contributed by atoms with Crippen molar-refractivity contribution in [3.05, 3.63) is 40.4 Å². The highest BCUT2D eigenvalue weighted by atomic mass is 35.5. The fourth-order valence-corrected chi connectivity index (χ4v) is 3.76. The minimum absolute atomic E-state index is 0.332. The van der Waals surface area contributed by atoms with E-state index in [9.17, 15) is 4.79 Å². The molecule has 106 valence electrons. The van der Waals surface area contributed by atoms with E-state index in [0.717, 1.165) is 22.0 Å². The summed E-state index contributed by atoms with van der Waals surface area (Å²) in [6, 6.07) is 7.63. The van der Waals surface area contributed by atoms with Crippen molar-refractivity contribution in [2.45, 2.75) is 12.7 Å². The molecule has 0 bridgehead atoms. The topological polar surface area (TPSA) is 50.2 Å². The van der Waals surface area contributed by atoms with Crippen LogP contribution in [0.5, 0.6) is 0 Å². The van der Waals surface area contributed by atoms with Gasteiger partial charge in [0.1, 0.15) is 5.01 Å². The number of nitrogens with zero attached hydrogens (tertiary/aromatic N) is 1. The van der Waals surface area contributed by atoms with Gasteiger partial charge in [-0.25, -0.2) is 4.98 Å². The first-order valence-corrected chi connectivity index (χ1v) is 8.49. The van der Waals surface area contributed by atoms with Gasteiger partial charge in [0.25, 0.3) is 0 Å². The SMILES string of the molecule is CC(CSCc1csc(-c2ccccc2Cl)n1)C(=O)O. The smallest absolute Gasteiger partial charge is 0.307 e. The molecule has 3 nitrogen and oxygen atoms in total. The van der Waals surface area contributed by atoms with E-state index in [0.29, 0.717) is 10.8 Å². The number of thioether (sulfide) groups is 1. The van der Waals surface area contributed by atoms with Crippen molar-refractivity contribution < 1.29 is 9.90 Å². The minimum Gasteiger partial charge on any atom is -0.481 e. The lowest BCUT2D eigenvalue weighted by atomic mass is 10.2. The number of benzene rings is 1. The Kier molecular flexibility index (Phi) is 5.46. The molecule has 1 heterocycles. The van der Waals surface area contributed by atoms with Gasteiger partial charge in [-0.3, -0.25) is 4.79 Å². The maximum atomic E-state index is 10.7. The minimum atomic E-state index is -0.757. The zero-order valence-corrected chi connectivity index (χ0v) is 13.3. The summed E-state index contributed by atoms with van der Waals surface area (Å²) in [6.07, 6.45) is 0. The number of halogens is 1. The second-order valence-corrected chi connectivity index (χ2v) is 6.67. The number of carboxylic acids is 1. The highest BCUT2D eigenvalue weighted by molar-refractivity contribution is 7.98. The molecule has 0 fully saturated rings.